The maximum atomic E-state index is 12.6. The van der Waals surface area contributed by atoms with Crippen LogP contribution in [0.2, 0.25) is 0 Å². The Hall–Kier alpha value is -3.35. The molecule has 2 N–H and O–H groups in total. The van der Waals surface area contributed by atoms with Gasteiger partial charge in [-0.1, -0.05) is 5.16 Å². The number of carboxylic acids is 1. The van der Waals surface area contributed by atoms with E-state index < -0.39 is 5.97 Å². The summed E-state index contributed by atoms with van der Waals surface area (Å²) in [6.07, 6.45) is 6.27. The normalized spacial score (nSPS) is 13.5. The molecule has 2 heterocycles. The average molecular weight is 408 g/mol. The number of ketones is 1. The smallest absolute Gasteiger partial charge is 0.337 e. The summed E-state index contributed by atoms with van der Waals surface area (Å²) < 4.78 is 7.39. The van der Waals surface area contributed by atoms with E-state index in [-0.39, 0.29) is 29.9 Å². The highest BCUT2D eigenvalue weighted by atomic mass is 16.5. The minimum atomic E-state index is -1.02. The zero-order valence-corrected chi connectivity index (χ0v) is 16.8. The summed E-state index contributed by atoms with van der Waals surface area (Å²) in [6.45, 7) is 2.57. The van der Waals surface area contributed by atoms with Crippen LogP contribution in [0.5, 0.6) is 5.75 Å². The molecule has 1 aliphatic rings. The van der Waals surface area contributed by atoms with Gasteiger partial charge in [-0.25, -0.2) is 4.79 Å². The number of rotatable bonds is 9. The van der Waals surface area contributed by atoms with Crippen molar-refractivity contribution >= 4 is 11.8 Å². The molecular weight excluding hydrogens is 384 g/mol. The molecule has 30 heavy (non-hydrogen) atoms. The van der Waals surface area contributed by atoms with Crippen LogP contribution < -0.4 is 0 Å². The second-order valence-corrected chi connectivity index (χ2v) is 7.74. The molecule has 0 atom stereocenters. The number of aromatic nitrogens is 2. The molecule has 0 bridgehead atoms. The highest BCUT2D eigenvalue weighted by molar-refractivity contribution is 5.92. The standard InChI is InChI=1S/C23H24N2O5/c1-2-25-12-16(19(13-25)23(28)29)11-18(27)9-10-20-21(14-3-4-14)22(30-24-20)15-5-7-17(26)8-6-15/h5-8,12-14,26H,2-4,9-11H2,1H3,(H,28,29). The van der Waals surface area contributed by atoms with Crippen molar-refractivity contribution in [3.8, 4) is 17.1 Å². The fourth-order valence-electron chi connectivity index (χ4n) is 3.75. The summed E-state index contributed by atoms with van der Waals surface area (Å²) in [6, 6.07) is 6.81. The summed E-state index contributed by atoms with van der Waals surface area (Å²) >= 11 is 0. The fraction of sp³-hybridized carbons (Fsp3) is 0.348. The Balaban J connectivity index is 1.48. The lowest BCUT2D eigenvalue weighted by Gasteiger charge is -2.04. The Morgan fingerprint density at radius 3 is 2.57 bits per heavy atom. The third kappa shape index (κ3) is 4.15. The van der Waals surface area contributed by atoms with Crippen LogP contribution in [0, 0.1) is 0 Å². The average Bonchev–Trinajstić information content (AvgIpc) is 3.34. The Morgan fingerprint density at radius 2 is 1.93 bits per heavy atom. The maximum Gasteiger partial charge on any atom is 0.337 e. The number of carbonyl (C=O) groups excluding carboxylic acids is 1. The second kappa shape index (κ2) is 8.18. The summed E-state index contributed by atoms with van der Waals surface area (Å²) in [5, 5.41) is 23.1. The van der Waals surface area contributed by atoms with E-state index in [1.165, 1.54) is 0 Å². The van der Waals surface area contributed by atoms with Crippen molar-refractivity contribution in [2.45, 2.75) is 51.5 Å². The molecule has 7 nitrogen and oxygen atoms in total. The number of hydrogen-bond acceptors (Lipinski definition) is 5. The van der Waals surface area contributed by atoms with Crippen LogP contribution in [0.15, 0.2) is 41.2 Å². The Labute approximate surface area is 173 Å². The van der Waals surface area contributed by atoms with Gasteiger partial charge < -0.3 is 19.3 Å². The number of phenols is 1. The zero-order valence-electron chi connectivity index (χ0n) is 16.8. The number of aromatic carboxylic acids is 1. The predicted molar refractivity (Wildman–Crippen MR) is 110 cm³/mol. The van der Waals surface area contributed by atoms with Crippen LogP contribution in [0.1, 0.15) is 59.3 Å². The van der Waals surface area contributed by atoms with Crippen LogP contribution in [-0.2, 0) is 24.2 Å². The molecule has 156 valence electrons. The summed E-state index contributed by atoms with van der Waals surface area (Å²) in [4.78, 5) is 24.0. The predicted octanol–water partition coefficient (Wildman–Crippen LogP) is 4.19. The molecule has 1 fully saturated rings. The highest BCUT2D eigenvalue weighted by Gasteiger charge is 2.33. The third-order valence-electron chi connectivity index (χ3n) is 5.50. The number of aryl methyl sites for hydroxylation is 2. The maximum absolute atomic E-state index is 12.6. The first kappa shape index (κ1) is 19.9. The van der Waals surface area contributed by atoms with Crippen molar-refractivity contribution in [3.05, 3.63) is 59.0 Å². The van der Waals surface area contributed by atoms with Gasteiger partial charge in [-0.15, -0.1) is 0 Å². The largest absolute Gasteiger partial charge is 0.508 e. The number of Topliss-reactive ketones (excluding diaryl/α,β-unsaturated/α-hetero) is 1. The molecular formula is C23H24N2O5. The van der Waals surface area contributed by atoms with Crippen molar-refractivity contribution in [1.29, 1.82) is 0 Å². The first-order valence-corrected chi connectivity index (χ1v) is 10.2. The molecule has 1 aliphatic carbocycles. The molecule has 0 spiro atoms. The molecule has 4 rings (SSSR count). The molecule has 0 unspecified atom stereocenters. The van der Waals surface area contributed by atoms with Gasteiger partial charge in [0.15, 0.2) is 5.76 Å². The van der Waals surface area contributed by atoms with Crippen LogP contribution in [0.4, 0.5) is 0 Å². The molecule has 1 saturated carbocycles. The minimum absolute atomic E-state index is 0.0257. The molecule has 2 aromatic heterocycles. The van der Waals surface area contributed by atoms with Crippen LogP contribution in [0.25, 0.3) is 11.3 Å². The number of hydrogen-bond donors (Lipinski definition) is 2. The SMILES string of the molecule is CCn1cc(CC(=O)CCc2noc(-c3ccc(O)cc3)c2C2CC2)c(C(=O)O)c1. The number of benzene rings is 1. The van der Waals surface area contributed by atoms with Crippen molar-refractivity contribution < 1.29 is 24.3 Å². The topological polar surface area (TPSA) is 106 Å². The Morgan fingerprint density at radius 1 is 1.20 bits per heavy atom. The fourth-order valence-corrected chi connectivity index (χ4v) is 3.75. The van der Waals surface area contributed by atoms with E-state index in [9.17, 15) is 19.8 Å². The molecule has 0 amide bonds. The van der Waals surface area contributed by atoms with E-state index in [2.05, 4.69) is 5.16 Å². The Kier molecular flexibility index (Phi) is 5.44. The first-order valence-electron chi connectivity index (χ1n) is 10.2. The molecule has 0 aliphatic heterocycles. The summed E-state index contributed by atoms with van der Waals surface area (Å²) in [7, 11) is 0. The van der Waals surface area contributed by atoms with Gasteiger partial charge in [-0.3, -0.25) is 4.79 Å². The van der Waals surface area contributed by atoms with E-state index in [1.807, 2.05) is 6.92 Å². The molecule has 0 saturated heterocycles. The number of carboxylic acid groups (broad SMARTS) is 1. The Bertz CT molecular complexity index is 1070. The lowest BCUT2D eigenvalue weighted by molar-refractivity contribution is -0.118. The van der Waals surface area contributed by atoms with Crippen molar-refractivity contribution in [1.82, 2.24) is 9.72 Å². The minimum Gasteiger partial charge on any atom is -0.508 e. The second-order valence-electron chi connectivity index (χ2n) is 7.74. The van der Waals surface area contributed by atoms with Crippen LogP contribution in [-0.4, -0.2) is 31.7 Å². The van der Waals surface area contributed by atoms with Gasteiger partial charge in [0.25, 0.3) is 0 Å². The first-order chi connectivity index (χ1) is 14.5. The van der Waals surface area contributed by atoms with Crippen LogP contribution >= 0.6 is 0 Å². The highest BCUT2D eigenvalue weighted by Crippen LogP contribution is 2.46. The van der Waals surface area contributed by atoms with E-state index in [1.54, 1.807) is 41.2 Å². The van der Waals surface area contributed by atoms with Gasteiger partial charge in [0, 0.05) is 49.3 Å². The molecule has 0 radical (unpaired) electrons. The van der Waals surface area contributed by atoms with Gasteiger partial charge in [0.05, 0.1) is 11.3 Å². The number of aromatic hydroxyl groups is 1. The lowest BCUT2D eigenvalue weighted by Crippen LogP contribution is -2.08. The number of carbonyl (C=O) groups is 2. The summed E-state index contributed by atoms with van der Waals surface area (Å²) in [5.74, 6) is 0.239. The lowest BCUT2D eigenvalue weighted by atomic mass is 9.98. The van der Waals surface area contributed by atoms with E-state index in [4.69, 9.17) is 4.52 Å². The van der Waals surface area contributed by atoms with Gasteiger partial charge >= 0.3 is 5.97 Å². The van der Waals surface area contributed by atoms with Gasteiger partial charge in [0.1, 0.15) is 11.5 Å². The summed E-state index contributed by atoms with van der Waals surface area (Å²) in [5.41, 5.74) is 3.42. The van der Waals surface area contributed by atoms with Crippen molar-refractivity contribution in [2.24, 2.45) is 0 Å². The van der Waals surface area contributed by atoms with E-state index in [0.717, 1.165) is 29.7 Å². The van der Waals surface area contributed by atoms with E-state index >= 15 is 0 Å². The monoisotopic (exact) mass is 408 g/mol. The third-order valence-corrected chi connectivity index (χ3v) is 5.50. The van der Waals surface area contributed by atoms with E-state index in [0.29, 0.717) is 30.2 Å². The molecule has 3 aromatic rings. The number of phenolic OH excluding ortho intramolecular Hbond substituents is 1. The molecule has 1 aromatic carbocycles. The molecule has 7 heteroatoms. The van der Waals surface area contributed by atoms with Gasteiger partial charge in [0.2, 0.25) is 0 Å². The van der Waals surface area contributed by atoms with Gasteiger partial charge in [-0.05, 0) is 55.5 Å². The van der Waals surface area contributed by atoms with Crippen molar-refractivity contribution in [3.63, 3.8) is 0 Å². The van der Waals surface area contributed by atoms with Crippen LogP contribution in [0.3, 0.4) is 0 Å². The number of nitrogens with zero attached hydrogens (tertiary/aromatic N) is 2. The van der Waals surface area contributed by atoms with Crippen molar-refractivity contribution in [2.75, 3.05) is 0 Å². The zero-order chi connectivity index (χ0) is 21.3. The van der Waals surface area contributed by atoms with Gasteiger partial charge in [-0.2, -0.15) is 0 Å². The quantitative estimate of drug-likeness (QED) is 0.550.